The van der Waals surface area contributed by atoms with Crippen LogP contribution in [0.15, 0.2) is 30.3 Å². The average molecular weight is 315 g/mol. The molecule has 4 rings (SSSR count). The molecule has 3 aromatic heterocycles. The highest BCUT2D eigenvalue weighted by Gasteiger charge is 2.10. The highest BCUT2D eigenvalue weighted by molar-refractivity contribution is 7.26. The molecular weight excluding hydrogens is 300 g/mol. The zero-order chi connectivity index (χ0) is 13.9. The Bertz CT molecular complexity index is 864. The van der Waals surface area contributed by atoms with Gasteiger partial charge in [0, 0.05) is 28.9 Å². The summed E-state index contributed by atoms with van der Waals surface area (Å²) in [6.07, 6.45) is 0. The molecule has 0 radical (unpaired) electrons. The SMILES string of the molecule is Cc1cc2cc3sc(-c4cc(C)c(C)s4)cc3cc2s1. The van der Waals surface area contributed by atoms with Crippen LogP contribution in [-0.4, -0.2) is 0 Å². The summed E-state index contributed by atoms with van der Waals surface area (Å²) in [7, 11) is 0. The molecule has 4 aromatic rings. The van der Waals surface area contributed by atoms with Crippen LogP contribution in [0.1, 0.15) is 15.3 Å². The van der Waals surface area contributed by atoms with Crippen LogP contribution in [0.5, 0.6) is 0 Å². The van der Waals surface area contributed by atoms with E-state index in [0.29, 0.717) is 0 Å². The first kappa shape index (κ1) is 12.6. The van der Waals surface area contributed by atoms with Crippen LogP contribution in [0, 0.1) is 20.8 Å². The van der Waals surface area contributed by atoms with Crippen molar-refractivity contribution in [2.75, 3.05) is 0 Å². The molecule has 20 heavy (non-hydrogen) atoms. The van der Waals surface area contributed by atoms with Gasteiger partial charge in [0.15, 0.2) is 0 Å². The Morgan fingerprint density at radius 1 is 0.650 bits per heavy atom. The lowest BCUT2D eigenvalue weighted by atomic mass is 10.2. The van der Waals surface area contributed by atoms with Crippen molar-refractivity contribution in [3.63, 3.8) is 0 Å². The van der Waals surface area contributed by atoms with Gasteiger partial charge in [-0.2, -0.15) is 0 Å². The predicted octanol–water partition coefficient (Wildman–Crippen LogP) is 6.77. The van der Waals surface area contributed by atoms with Gasteiger partial charge in [-0.1, -0.05) is 0 Å². The quantitative estimate of drug-likeness (QED) is 0.363. The maximum atomic E-state index is 2.35. The van der Waals surface area contributed by atoms with E-state index < -0.39 is 0 Å². The van der Waals surface area contributed by atoms with Gasteiger partial charge < -0.3 is 0 Å². The standard InChI is InChI=1S/C17H14S3/c1-9-4-16(19-11(9)3)17-8-13-7-14-12(5-10(2)18-14)6-15(13)20-17/h4-8H,1-3H3. The summed E-state index contributed by atoms with van der Waals surface area (Å²) >= 11 is 5.70. The molecule has 0 nitrogen and oxygen atoms in total. The van der Waals surface area contributed by atoms with E-state index in [1.807, 2.05) is 34.0 Å². The fraction of sp³-hybridized carbons (Fsp3) is 0.176. The lowest BCUT2D eigenvalue weighted by molar-refractivity contribution is 1.44. The Hall–Kier alpha value is -1.16. The summed E-state index contributed by atoms with van der Waals surface area (Å²) in [5, 5.41) is 2.76. The van der Waals surface area contributed by atoms with Crippen LogP contribution in [0.2, 0.25) is 0 Å². The second kappa shape index (κ2) is 4.42. The molecule has 0 unspecified atom stereocenters. The Kier molecular flexibility index (Phi) is 2.78. The van der Waals surface area contributed by atoms with E-state index in [2.05, 4.69) is 51.1 Å². The molecule has 0 saturated heterocycles. The predicted molar refractivity (Wildman–Crippen MR) is 94.7 cm³/mol. The first-order valence-corrected chi connectivity index (χ1v) is 9.06. The molecular formula is C17H14S3. The molecule has 0 aliphatic rings. The van der Waals surface area contributed by atoms with Crippen LogP contribution in [0.25, 0.3) is 29.9 Å². The topological polar surface area (TPSA) is 0 Å². The second-order valence-electron chi connectivity index (χ2n) is 5.25. The zero-order valence-electron chi connectivity index (χ0n) is 11.6. The van der Waals surface area contributed by atoms with Gasteiger partial charge in [0.25, 0.3) is 0 Å². The van der Waals surface area contributed by atoms with Crippen molar-refractivity contribution >= 4 is 54.2 Å². The maximum absolute atomic E-state index is 2.35. The van der Waals surface area contributed by atoms with E-state index in [-0.39, 0.29) is 0 Å². The molecule has 100 valence electrons. The lowest BCUT2D eigenvalue weighted by Crippen LogP contribution is -1.63. The van der Waals surface area contributed by atoms with Crippen LogP contribution in [0.3, 0.4) is 0 Å². The molecule has 0 N–H and O–H groups in total. The van der Waals surface area contributed by atoms with Crippen molar-refractivity contribution < 1.29 is 0 Å². The van der Waals surface area contributed by atoms with E-state index >= 15 is 0 Å². The third-order valence-corrected chi connectivity index (χ3v) is 7.15. The monoisotopic (exact) mass is 314 g/mol. The summed E-state index contributed by atoms with van der Waals surface area (Å²) in [4.78, 5) is 5.62. The molecule has 0 aliphatic carbocycles. The van der Waals surface area contributed by atoms with Gasteiger partial charge in [0.1, 0.15) is 0 Å². The second-order valence-corrected chi connectivity index (χ2v) is 8.87. The van der Waals surface area contributed by atoms with Crippen molar-refractivity contribution in [3.05, 3.63) is 45.6 Å². The molecule has 0 aliphatic heterocycles. The first-order valence-electron chi connectivity index (χ1n) is 6.61. The number of rotatable bonds is 1. The van der Waals surface area contributed by atoms with Gasteiger partial charge >= 0.3 is 0 Å². The number of hydrogen-bond donors (Lipinski definition) is 0. The molecule has 1 aromatic carbocycles. The fourth-order valence-electron chi connectivity index (χ4n) is 2.52. The third-order valence-electron chi connectivity index (χ3n) is 3.69. The molecule has 3 heterocycles. The molecule has 0 fully saturated rings. The van der Waals surface area contributed by atoms with Crippen molar-refractivity contribution in [1.29, 1.82) is 0 Å². The van der Waals surface area contributed by atoms with Gasteiger partial charge in [-0.05, 0) is 67.4 Å². The number of hydrogen-bond acceptors (Lipinski definition) is 3. The lowest BCUT2D eigenvalue weighted by Gasteiger charge is -1.89. The van der Waals surface area contributed by atoms with Gasteiger partial charge in [-0.3, -0.25) is 0 Å². The van der Waals surface area contributed by atoms with E-state index in [1.165, 1.54) is 45.2 Å². The summed E-state index contributed by atoms with van der Waals surface area (Å²) in [6.45, 7) is 6.58. The van der Waals surface area contributed by atoms with Crippen LogP contribution in [-0.2, 0) is 0 Å². The van der Waals surface area contributed by atoms with Gasteiger partial charge in [0.2, 0.25) is 0 Å². The van der Waals surface area contributed by atoms with Gasteiger partial charge in [-0.25, -0.2) is 0 Å². The third kappa shape index (κ3) is 1.93. The number of fused-ring (bicyclic) bond motifs is 2. The minimum absolute atomic E-state index is 1.38. The average Bonchev–Trinajstić information content (AvgIpc) is 3.03. The number of benzene rings is 1. The Morgan fingerprint density at radius 2 is 1.30 bits per heavy atom. The van der Waals surface area contributed by atoms with E-state index in [0.717, 1.165) is 0 Å². The summed E-state index contributed by atoms with van der Waals surface area (Å²) in [5.74, 6) is 0. The molecule has 0 bridgehead atoms. The van der Waals surface area contributed by atoms with Crippen molar-refractivity contribution in [3.8, 4) is 9.75 Å². The number of thiophene rings is 3. The van der Waals surface area contributed by atoms with E-state index in [9.17, 15) is 0 Å². The Balaban J connectivity index is 1.93. The molecule has 3 heteroatoms. The van der Waals surface area contributed by atoms with Crippen molar-refractivity contribution in [2.24, 2.45) is 0 Å². The number of aryl methyl sites for hydroxylation is 3. The Labute approximate surface area is 130 Å². The summed E-state index contributed by atoms with van der Waals surface area (Å²) < 4.78 is 2.80. The smallest absolute Gasteiger partial charge is 0.0455 e. The molecule has 0 saturated carbocycles. The van der Waals surface area contributed by atoms with Crippen molar-refractivity contribution in [1.82, 2.24) is 0 Å². The highest BCUT2D eigenvalue weighted by Crippen LogP contribution is 2.40. The van der Waals surface area contributed by atoms with Crippen LogP contribution in [0.4, 0.5) is 0 Å². The maximum Gasteiger partial charge on any atom is 0.0455 e. The fourth-order valence-corrected chi connectivity index (χ4v) is 5.67. The molecule has 0 amide bonds. The highest BCUT2D eigenvalue weighted by atomic mass is 32.1. The van der Waals surface area contributed by atoms with Gasteiger partial charge in [-0.15, -0.1) is 34.0 Å². The van der Waals surface area contributed by atoms with Gasteiger partial charge in [0.05, 0.1) is 0 Å². The van der Waals surface area contributed by atoms with Crippen LogP contribution >= 0.6 is 34.0 Å². The van der Waals surface area contributed by atoms with Crippen molar-refractivity contribution in [2.45, 2.75) is 20.8 Å². The molecule has 0 atom stereocenters. The van der Waals surface area contributed by atoms with E-state index in [4.69, 9.17) is 0 Å². The normalized spacial score (nSPS) is 11.8. The zero-order valence-corrected chi connectivity index (χ0v) is 14.1. The minimum atomic E-state index is 1.38. The summed E-state index contributed by atoms with van der Waals surface area (Å²) in [5.41, 5.74) is 1.40. The summed E-state index contributed by atoms with van der Waals surface area (Å²) in [6, 6.07) is 11.6. The Morgan fingerprint density at radius 3 is 2.00 bits per heavy atom. The largest absolute Gasteiger partial charge is 0.141 e. The first-order chi connectivity index (χ1) is 9.60. The molecule has 0 spiro atoms. The minimum Gasteiger partial charge on any atom is -0.141 e. The van der Waals surface area contributed by atoms with Crippen LogP contribution < -0.4 is 0 Å². The van der Waals surface area contributed by atoms with E-state index in [1.54, 1.807) is 0 Å².